The zero-order chi connectivity index (χ0) is 55.9. The van der Waals surface area contributed by atoms with Gasteiger partial charge < -0.3 is 78.1 Å². The van der Waals surface area contributed by atoms with Crippen LogP contribution in [-0.4, -0.2) is 208 Å². The van der Waals surface area contributed by atoms with Crippen LogP contribution >= 0.6 is 0 Å². The van der Waals surface area contributed by atoms with E-state index in [-0.39, 0.29) is 62.8 Å². The molecule has 0 atom stereocenters. The predicted octanol–water partition coefficient (Wildman–Crippen LogP) is 4.73. The van der Waals surface area contributed by atoms with E-state index in [1.807, 2.05) is 52.0 Å². The molecule has 1 aromatic carbocycles. The highest BCUT2D eigenvalue weighted by atomic mass is 16.6. The normalized spacial score (nSPS) is 13.4. The first-order chi connectivity index (χ1) is 37.9. The molecule has 1 aliphatic carbocycles. The summed E-state index contributed by atoms with van der Waals surface area (Å²) in [6.45, 7) is 17.3. The molecule has 2 heterocycles. The van der Waals surface area contributed by atoms with Gasteiger partial charge in [-0.25, -0.2) is 19.8 Å². The summed E-state index contributed by atoms with van der Waals surface area (Å²) in [4.78, 5) is 65.1. The van der Waals surface area contributed by atoms with Crippen molar-refractivity contribution in [3.05, 3.63) is 47.6 Å². The van der Waals surface area contributed by atoms with E-state index < -0.39 is 11.7 Å². The quantitative estimate of drug-likeness (QED) is 0.0598. The predicted molar refractivity (Wildman–Crippen MR) is 290 cm³/mol. The monoisotopic (exact) mass is 1100 g/mol. The molecule has 1 aliphatic heterocycles. The Morgan fingerprint density at radius 2 is 1.15 bits per heavy atom. The van der Waals surface area contributed by atoms with Crippen molar-refractivity contribution in [3.63, 3.8) is 0 Å². The van der Waals surface area contributed by atoms with Gasteiger partial charge in [0.25, 0.3) is 0 Å². The van der Waals surface area contributed by atoms with Crippen molar-refractivity contribution in [2.24, 2.45) is 10.7 Å². The summed E-state index contributed by atoms with van der Waals surface area (Å²) in [6, 6.07) is 5.91. The van der Waals surface area contributed by atoms with Gasteiger partial charge >= 0.3 is 12.1 Å². The summed E-state index contributed by atoms with van der Waals surface area (Å²) < 4.78 is 65.5. The lowest BCUT2D eigenvalue weighted by molar-refractivity contribution is -0.156. The first-order valence-corrected chi connectivity index (χ1v) is 27.4. The van der Waals surface area contributed by atoms with E-state index in [0.29, 0.717) is 168 Å². The van der Waals surface area contributed by atoms with Gasteiger partial charge in [0.05, 0.1) is 157 Å². The van der Waals surface area contributed by atoms with Gasteiger partial charge in [0, 0.05) is 61.1 Å². The standard InChI is InChI=1S/C55H87N7O16/c1-5-14-62(15-7-16-77-54(66)60-47-8-6-9-47)53(65)45-37-44-11-10-43(38-48(44)61-49(56)39-45)46-40-57-50(58-41-46)42-59-51(63)12-17-67-19-21-69-23-25-71-27-29-73-31-33-75-35-36-76-34-32-74-30-28-72-26-24-70-22-20-68-18-13-52(64)78-55(2,3)4/h10-11,37-38,40-41,47H,5-9,12-36,39,42H2,1-4H3,(H2,56,61)(H,59,63)(H,60,66). The van der Waals surface area contributed by atoms with E-state index in [1.165, 1.54) is 0 Å². The summed E-state index contributed by atoms with van der Waals surface area (Å²) in [5.41, 5.74) is 9.36. The molecular weight excluding hydrogens is 1010 g/mol. The van der Waals surface area contributed by atoms with Crippen molar-refractivity contribution in [3.8, 4) is 11.1 Å². The number of nitrogens with two attached hydrogens (primary N) is 1. The molecule has 438 valence electrons. The summed E-state index contributed by atoms with van der Waals surface area (Å²) >= 11 is 0. The van der Waals surface area contributed by atoms with Crippen LogP contribution in [0.25, 0.3) is 17.2 Å². The second-order valence-electron chi connectivity index (χ2n) is 19.2. The van der Waals surface area contributed by atoms with Crippen LogP contribution in [0.1, 0.15) is 90.4 Å². The molecule has 0 radical (unpaired) electrons. The fraction of sp³-hybridized carbons (Fsp3) is 0.691. The van der Waals surface area contributed by atoms with Gasteiger partial charge in [-0.05, 0) is 70.6 Å². The first-order valence-electron chi connectivity index (χ1n) is 27.4. The number of amidine groups is 1. The minimum Gasteiger partial charge on any atom is -0.460 e. The maximum Gasteiger partial charge on any atom is 0.407 e. The van der Waals surface area contributed by atoms with Crippen molar-refractivity contribution in [2.75, 3.05) is 152 Å². The van der Waals surface area contributed by atoms with Crippen molar-refractivity contribution < 1.29 is 76.0 Å². The topological polar surface area (TPSA) is 270 Å². The number of nitrogens with one attached hydrogen (secondary N) is 2. The van der Waals surface area contributed by atoms with Crippen LogP contribution in [0.4, 0.5) is 10.5 Å². The number of carbonyl (C=O) groups is 4. The zero-order valence-corrected chi connectivity index (χ0v) is 46.6. The maximum atomic E-state index is 13.7. The number of nitrogens with zero attached hydrogens (tertiary/aromatic N) is 4. The third-order valence-corrected chi connectivity index (χ3v) is 11.5. The molecule has 2 aromatic rings. The smallest absolute Gasteiger partial charge is 0.407 e. The first kappa shape index (κ1) is 65.3. The third kappa shape index (κ3) is 30.2. The van der Waals surface area contributed by atoms with Crippen LogP contribution < -0.4 is 16.4 Å². The average molecular weight is 1100 g/mol. The van der Waals surface area contributed by atoms with E-state index in [2.05, 4.69) is 25.6 Å². The molecule has 23 heteroatoms. The number of hydrogen-bond acceptors (Lipinski definition) is 20. The summed E-state index contributed by atoms with van der Waals surface area (Å²) in [5.74, 6) is 0.199. The zero-order valence-electron chi connectivity index (χ0n) is 46.6. The number of carbonyl (C=O) groups excluding carboxylic acids is 4. The van der Waals surface area contributed by atoms with Crippen molar-refractivity contribution in [1.29, 1.82) is 0 Å². The number of benzene rings is 1. The molecule has 78 heavy (non-hydrogen) atoms. The van der Waals surface area contributed by atoms with Crippen LogP contribution in [0.3, 0.4) is 0 Å². The fourth-order valence-electron chi connectivity index (χ4n) is 7.33. The second-order valence-corrected chi connectivity index (χ2v) is 19.2. The Morgan fingerprint density at radius 1 is 0.654 bits per heavy atom. The lowest BCUT2D eigenvalue weighted by Gasteiger charge is -2.26. The molecule has 1 fully saturated rings. The fourth-order valence-corrected chi connectivity index (χ4v) is 7.33. The van der Waals surface area contributed by atoms with Gasteiger partial charge in [0.2, 0.25) is 11.8 Å². The average Bonchev–Trinajstić information content (AvgIpc) is 3.58. The molecule has 0 bridgehead atoms. The molecule has 2 aliphatic rings. The van der Waals surface area contributed by atoms with Crippen molar-refractivity contribution in [2.45, 2.75) is 97.2 Å². The maximum absolute atomic E-state index is 13.7. The molecule has 23 nitrogen and oxygen atoms in total. The van der Waals surface area contributed by atoms with E-state index in [1.54, 1.807) is 17.3 Å². The molecule has 1 aromatic heterocycles. The lowest BCUT2D eigenvalue weighted by Crippen LogP contribution is -2.40. The highest BCUT2D eigenvalue weighted by Crippen LogP contribution is 2.32. The molecule has 0 saturated heterocycles. The van der Waals surface area contributed by atoms with E-state index >= 15 is 0 Å². The molecular formula is C55H87N7O16. The SMILES string of the molecule is CCCN(CCCOC(=O)NC1CCC1)C(=O)C1=Cc2ccc(-c3cnc(CNC(=O)CCOCCOCCOCCOCCOCCOCCOCCOCCOCCOCCC(=O)OC(C)(C)C)nc3)cc2N=C(N)C1. The van der Waals surface area contributed by atoms with Crippen molar-refractivity contribution in [1.82, 2.24) is 25.5 Å². The third-order valence-electron chi connectivity index (χ3n) is 11.5. The van der Waals surface area contributed by atoms with Crippen LogP contribution in [0.2, 0.25) is 0 Å². The Hall–Kier alpha value is -5.21. The number of fused-ring (bicyclic) bond motifs is 1. The second kappa shape index (κ2) is 40.0. The van der Waals surface area contributed by atoms with E-state index in [4.69, 9.17) is 62.6 Å². The van der Waals surface area contributed by atoms with Crippen LogP contribution in [0.5, 0.6) is 0 Å². The Balaban J connectivity index is 0.906. The summed E-state index contributed by atoms with van der Waals surface area (Å²) in [6.07, 6.45) is 9.82. The molecule has 4 rings (SSSR count). The number of hydrogen-bond donors (Lipinski definition) is 3. The highest BCUT2D eigenvalue weighted by Gasteiger charge is 2.23. The number of esters is 1. The number of alkyl carbamates (subject to hydrolysis) is 1. The van der Waals surface area contributed by atoms with Gasteiger partial charge in [0.15, 0.2) is 0 Å². The number of amides is 3. The number of rotatable bonds is 44. The minimum atomic E-state index is -0.489. The summed E-state index contributed by atoms with van der Waals surface area (Å²) in [7, 11) is 0. The van der Waals surface area contributed by atoms with E-state index in [0.717, 1.165) is 42.4 Å². The number of ether oxygens (including phenoxy) is 12. The largest absolute Gasteiger partial charge is 0.460 e. The van der Waals surface area contributed by atoms with E-state index in [9.17, 15) is 19.2 Å². The lowest BCUT2D eigenvalue weighted by atomic mass is 9.93. The van der Waals surface area contributed by atoms with Gasteiger partial charge in [-0.2, -0.15) is 0 Å². The molecule has 4 N–H and O–H groups in total. The summed E-state index contributed by atoms with van der Waals surface area (Å²) in [5, 5.41) is 5.69. The van der Waals surface area contributed by atoms with Crippen molar-refractivity contribution >= 4 is 41.5 Å². The van der Waals surface area contributed by atoms with Gasteiger partial charge in [0.1, 0.15) is 17.3 Å². The highest BCUT2D eigenvalue weighted by molar-refractivity contribution is 6.05. The Labute approximate surface area is 460 Å². The molecule has 1 saturated carbocycles. The molecule has 0 spiro atoms. The number of aliphatic imine (C=N–C) groups is 1. The van der Waals surface area contributed by atoms with Gasteiger partial charge in [-0.3, -0.25) is 14.4 Å². The van der Waals surface area contributed by atoms with Crippen LogP contribution in [-0.2, 0) is 77.8 Å². The van der Waals surface area contributed by atoms with Crippen LogP contribution in [0, 0.1) is 0 Å². The molecule has 0 unspecified atom stereocenters. The Kier molecular flexibility index (Phi) is 33.5. The van der Waals surface area contributed by atoms with Crippen LogP contribution in [0.15, 0.2) is 41.2 Å². The minimum absolute atomic E-state index is 0.120. The Bertz CT molecular complexity index is 2070. The number of aromatic nitrogens is 2. The van der Waals surface area contributed by atoms with Gasteiger partial charge in [-0.1, -0.05) is 19.1 Å². The Morgan fingerprint density at radius 3 is 1.63 bits per heavy atom. The molecule has 3 amide bonds. The van der Waals surface area contributed by atoms with Gasteiger partial charge in [-0.15, -0.1) is 0 Å².